The molecule has 1 aliphatic heterocycles. The normalized spacial score (nSPS) is 18.4. The van der Waals surface area contributed by atoms with Crippen molar-refractivity contribution in [3.8, 4) is 0 Å². The average molecular weight is 304 g/mol. The van der Waals surface area contributed by atoms with Crippen LogP contribution in [0.5, 0.6) is 0 Å². The van der Waals surface area contributed by atoms with Crippen LogP contribution in [0.4, 0.5) is 11.4 Å². The highest BCUT2D eigenvalue weighted by molar-refractivity contribution is 7.90. The summed E-state index contributed by atoms with van der Waals surface area (Å²) in [6.07, 6.45) is 1.76. The first kappa shape index (κ1) is 14.4. The van der Waals surface area contributed by atoms with Gasteiger partial charge in [-0.2, -0.15) is 12.7 Å². The zero-order chi connectivity index (χ0) is 14.0. The molecule has 0 atom stereocenters. The maximum absolute atomic E-state index is 12.2. The highest BCUT2D eigenvalue weighted by atomic mass is 35.5. The third-order valence-electron chi connectivity index (χ3n) is 3.31. The topological polar surface area (TPSA) is 75.4 Å². The summed E-state index contributed by atoms with van der Waals surface area (Å²) in [7, 11) is -3.56. The van der Waals surface area contributed by atoms with E-state index in [2.05, 4.69) is 11.6 Å². The zero-order valence-electron chi connectivity index (χ0n) is 10.8. The molecule has 0 bridgehead atoms. The highest BCUT2D eigenvalue weighted by Crippen LogP contribution is 2.27. The summed E-state index contributed by atoms with van der Waals surface area (Å²) in [5, 5.41) is 0.336. The van der Waals surface area contributed by atoms with Crippen molar-refractivity contribution in [2.75, 3.05) is 23.5 Å². The molecule has 1 heterocycles. The SMILES string of the molecule is CC1CCN(S(=O)(=O)Nc2cc(N)ccc2Cl)CC1. The van der Waals surface area contributed by atoms with Crippen LogP contribution >= 0.6 is 11.6 Å². The van der Waals surface area contributed by atoms with Gasteiger partial charge >= 0.3 is 10.2 Å². The predicted molar refractivity (Wildman–Crippen MR) is 78.4 cm³/mol. The van der Waals surface area contributed by atoms with Gasteiger partial charge in [0.15, 0.2) is 0 Å². The Kier molecular flexibility index (Phi) is 4.23. The summed E-state index contributed by atoms with van der Waals surface area (Å²) in [4.78, 5) is 0. The Morgan fingerprint density at radius 2 is 2.00 bits per heavy atom. The molecule has 1 aromatic carbocycles. The molecule has 0 unspecified atom stereocenters. The summed E-state index contributed by atoms with van der Waals surface area (Å²) in [5.41, 5.74) is 6.42. The number of anilines is 2. The van der Waals surface area contributed by atoms with Gasteiger partial charge < -0.3 is 5.73 Å². The number of nitrogens with one attached hydrogen (secondary N) is 1. The van der Waals surface area contributed by atoms with Gasteiger partial charge in [-0.3, -0.25) is 4.72 Å². The summed E-state index contributed by atoms with van der Waals surface area (Å²) >= 11 is 5.96. The summed E-state index contributed by atoms with van der Waals surface area (Å²) in [6.45, 7) is 3.21. The fourth-order valence-electron chi connectivity index (χ4n) is 2.05. The first-order valence-electron chi connectivity index (χ1n) is 6.21. The van der Waals surface area contributed by atoms with Crippen molar-refractivity contribution in [1.29, 1.82) is 0 Å². The van der Waals surface area contributed by atoms with E-state index in [4.69, 9.17) is 17.3 Å². The molecule has 1 aliphatic rings. The molecule has 2 rings (SSSR count). The summed E-state index contributed by atoms with van der Waals surface area (Å²) < 4.78 is 28.4. The Hall–Kier alpha value is -0.980. The van der Waals surface area contributed by atoms with Crippen molar-refractivity contribution in [2.24, 2.45) is 5.92 Å². The van der Waals surface area contributed by atoms with E-state index in [0.717, 1.165) is 12.8 Å². The van der Waals surface area contributed by atoms with Crippen LogP contribution in [0.15, 0.2) is 18.2 Å². The van der Waals surface area contributed by atoms with Crippen molar-refractivity contribution in [3.05, 3.63) is 23.2 Å². The van der Waals surface area contributed by atoms with Crippen molar-refractivity contribution < 1.29 is 8.42 Å². The molecule has 0 aliphatic carbocycles. The molecule has 106 valence electrons. The molecular formula is C12H18ClN3O2S. The number of nitrogens with zero attached hydrogens (tertiary/aromatic N) is 1. The van der Waals surface area contributed by atoms with Gasteiger partial charge in [-0.05, 0) is 37.0 Å². The minimum absolute atomic E-state index is 0.320. The van der Waals surface area contributed by atoms with Crippen LogP contribution < -0.4 is 10.5 Å². The Morgan fingerprint density at radius 1 is 1.37 bits per heavy atom. The number of benzene rings is 1. The number of nitrogen functional groups attached to an aromatic ring is 1. The lowest BCUT2D eigenvalue weighted by atomic mass is 10.0. The van der Waals surface area contributed by atoms with Crippen LogP contribution in [-0.4, -0.2) is 25.8 Å². The molecular weight excluding hydrogens is 286 g/mol. The van der Waals surface area contributed by atoms with E-state index in [-0.39, 0.29) is 0 Å². The smallest absolute Gasteiger partial charge is 0.301 e. The van der Waals surface area contributed by atoms with Gasteiger partial charge in [0.1, 0.15) is 0 Å². The van der Waals surface area contributed by atoms with Crippen molar-refractivity contribution in [2.45, 2.75) is 19.8 Å². The molecule has 0 radical (unpaired) electrons. The van der Waals surface area contributed by atoms with Crippen LogP contribution in [0, 0.1) is 5.92 Å². The average Bonchev–Trinajstić information content (AvgIpc) is 2.34. The van der Waals surface area contributed by atoms with Gasteiger partial charge in [0, 0.05) is 18.8 Å². The van der Waals surface area contributed by atoms with Crippen LogP contribution in [-0.2, 0) is 10.2 Å². The second-order valence-electron chi connectivity index (χ2n) is 4.93. The minimum Gasteiger partial charge on any atom is -0.399 e. The Labute approximate surface area is 118 Å². The second kappa shape index (κ2) is 5.56. The number of halogens is 1. The summed E-state index contributed by atoms with van der Waals surface area (Å²) in [6, 6.07) is 4.72. The third-order valence-corrected chi connectivity index (χ3v) is 5.16. The highest BCUT2D eigenvalue weighted by Gasteiger charge is 2.26. The number of nitrogens with two attached hydrogens (primary N) is 1. The van der Waals surface area contributed by atoms with Gasteiger partial charge in [-0.25, -0.2) is 0 Å². The van der Waals surface area contributed by atoms with E-state index < -0.39 is 10.2 Å². The van der Waals surface area contributed by atoms with Crippen LogP contribution in [0.3, 0.4) is 0 Å². The Bertz CT molecular complexity index is 554. The van der Waals surface area contributed by atoms with Gasteiger partial charge in [-0.15, -0.1) is 0 Å². The number of hydrogen-bond acceptors (Lipinski definition) is 3. The van der Waals surface area contributed by atoms with Crippen molar-refractivity contribution >= 4 is 33.2 Å². The van der Waals surface area contributed by atoms with Gasteiger partial charge in [-0.1, -0.05) is 18.5 Å². The molecule has 7 heteroatoms. The molecule has 19 heavy (non-hydrogen) atoms. The van der Waals surface area contributed by atoms with E-state index >= 15 is 0 Å². The maximum atomic E-state index is 12.2. The monoisotopic (exact) mass is 303 g/mol. The molecule has 0 saturated carbocycles. The number of piperidine rings is 1. The summed E-state index contributed by atoms with van der Waals surface area (Å²) in [5.74, 6) is 0.572. The molecule has 0 amide bonds. The molecule has 0 spiro atoms. The fraction of sp³-hybridized carbons (Fsp3) is 0.500. The molecule has 3 N–H and O–H groups in total. The zero-order valence-corrected chi connectivity index (χ0v) is 12.3. The van der Waals surface area contributed by atoms with Crippen LogP contribution in [0.25, 0.3) is 0 Å². The first-order valence-corrected chi connectivity index (χ1v) is 8.03. The van der Waals surface area contributed by atoms with E-state index in [1.807, 2.05) is 0 Å². The lowest BCUT2D eigenvalue weighted by molar-refractivity contribution is 0.289. The standard InChI is InChI=1S/C12H18ClN3O2S/c1-9-4-6-16(7-5-9)19(17,18)15-12-8-10(14)2-3-11(12)13/h2-3,8-9,15H,4-7,14H2,1H3. The fourth-order valence-corrected chi connectivity index (χ4v) is 3.54. The molecule has 0 aromatic heterocycles. The van der Waals surface area contributed by atoms with Crippen LogP contribution in [0.1, 0.15) is 19.8 Å². The quantitative estimate of drug-likeness (QED) is 0.841. The Morgan fingerprint density at radius 3 is 2.63 bits per heavy atom. The van der Waals surface area contributed by atoms with Gasteiger partial charge in [0.25, 0.3) is 0 Å². The van der Waals surface area contributed by atoms with E-state index in [0.29, 0.717) is 35.4 Å². The molecule has 1 saturated heterocycles. The number of hydrogen-bond donors (Lipinski definition) is 2. The van der Waals surface area contributed by atoms with Crippen LogP contribution in [0.2, 0.25) is 5.02 Å². The van der Waals surface area contributed by atoms with Gasteiger partial charge in [0.2, 0.25) is 0 Å². The number of rotatable bonds is 3. The lowest BCUT2D eigenvalue weighted by Gasteiger charge is -2.29. The largest absolute Gasteiger partial charge is 0.399 e. The Balaban J connectivity index is 2.15. The first-order chi connectivity index (χ1) is 8.88. The van der Waals surface area contributed by atoms with Crippen molar-refractivity contribution in [3.63, 3.8) is 0 Å². The third kappa shape index (κ3) is 3.52. The van der Waals surface area contributed by atoms with Gasteiger partial charge in [0.05, 0.1) is 10.7 Å². The minimum atomic E-state index is -3.56. The van der Waals surface area contributed by atoms with E-state index in [1.54, 1.807) is 12.1 Å². The molecule has 5 nitrogen and oxygen atoms in total. The lowest BCUT2D eigenvalue weighted by Crippen LogP contribution is -2.41. The second-order valence-corrected chi connectivity index (χ2v) is 7.01. The maximum Gasteiger partial charge on any atom is 0.301 e. The van der Waals surface area contributed by atoms with E-state index in [9.17, 15) is 8.42 Å². The predicted octanol–water partition coefficient (Wildman–Crippen LogP) is 2.31. The molecule has 1 aromatic rings. The van der Waals surface area contributed by atoms with E-state index in [1.165, 1.54) is 10.4 Å². The molecule has 1 fully saturated rings. The van der Waals surface area contributed by atoms with Crippen molar-refractivity contribution in [1.82, 2.24) is 4.31 Å².